The monoisotopic (exact) mass is 307 g/mol. The molecule has 0 aliphatic rings. The van der Waals surface area contributed by atoms with Crippen LogP contribution < -0.4 is 10.5 Å². The van der Waals surface area contributed by atoms with Gasteiger partial charge in [-0.3, -0.25) is 0 Å². The molecule has 7 heteroatoms. The molecule has 0 aliphatic carbocycles. The fourth-order valence-corrected chi connectivity index (χ4v) is 4.13. The Balaban J connectivity index is 2.25. The minimum atomic E-state index is -3.65. The van der Waals surface area contributed by atoms with Crippen LogP contribution in [0.15, 0.2) is 40.6 Å². The number of rotatable bonds is 4. The number of nitrogens with two attached hydrogens (primary N) is 1. The van der Waals surface area contributed by atoms with Crippen molar-refractivity contribution in [3.05, 3.63) is 46.8 Å². The summed E-state index contributed by atoms with van der Waals surface area (Å²) in [6, 6.07) is 11.5. The van der Waals surface area contributed by atoms with Gasteiger partial charge >= 0.3 is 0 Å². The zero-order chi connectivity index (χ0) is 14.8. The SMILES string of the molecule is CC(NS(=O)(=O)c1ccc(C#N)s1)c1ccccc1N. The van der Waals surface area contributed by atoms with Gasteiger partial charge in [0.1, 0.15) is 15.2 Å². The van der Waals surface area contributed by atoms with E-state index in [1.54, 1.807) is 31.2 Å². The predicted molar refractivity (Wildman–Crippen MR) is 78.6 cm³/mol. The second kappa shape index (κ2) is 5.63. The van der Waals surface area contributed by atoms with Crippen LogP contribution in [-0.2, 0) is 10.0 Å². The van der Waals surface area contributed by atoms with E-state index in [0.29, 0.717) is 16.1 Å². The Labute approximate surface area is 121 Å². The second-order valence-corrected chi connectivity index (χ2v) is 7.23. The fraction of sp³-hybridized carbons (Fsp3) is 0.154. The quantitative estimate of drug-likeness (QED) is 0.847. The standard InChI is InChI=1S/C13H13N3O2S2/c1-9(11-4-2-3-5-12(11)15)16-20(17,18)13-7-6-10(8-14)19-13/h2-7,9,16H,15H2,1H3. The van der Waals surface area contributed by atoms with Crippen LogP contribution in [0.5, 0.6) is 0 Å². The lowest BCUT2D eigenvalue weighted by atomic mass is 10.1. The van der Waals surface area contributed by atoms with Gasteiger partial charge in [-0.05, 0) is 30.7 Å². The van der Waals surface area contributed by atoms with Crippen molar-refractivity contribution in [1.29, 1.82) is 5.26 Å². The van der Waals surface area contributed by atoms with Crippen LogP contribution in [0.25, 0.3) is 0 Å². The van der Waals surface area contributed by atoms with Gasteiger partial charge in [0.15, 0.2) is 0 Å². The fourth-order valence-electron chi connectivity index (χ4n) is 1.78. The third-order valence-corrected chi connectivity index (χ3v) is 5.77. The first-order chi connectivity index (χ1) is 9.44. The Morgan fingerprint density at radius 2 is 2.00 bits per heavy atom. The van der Waals surface area contributed by atoms with E-state index in [4.69, 9.17) is 11.0 Å². The normalized spacial score (nSPS) is 12.8. The Morgan fingerprint density at radius 3 is 2.60 bits per heavy atom. The van der Waals surface area contributed by atoms with Crippen LogP contribution in [0, 0.1) is 11.3 Å². The molecule has 104 valence electrons. The van der Waals surface area contributed by atoms with Gasteiger partial charge in [0.05, 0.1) is 0 Å². The molecule has 1 heterocycles. The number of nitriles is 1. The van der Waals surface area contributed by atoms with Gasteiger partial charge in [0, 0.05) is 11.7 Å². The molecule has 0 aliphatic heterocycles. The number of sulfonamides is 1. The number of hydrogen-bond donors (Lipinski definition) is 2. The summed E-state index contributed by atoms with van der Waals surface area (Å²) >= 11 is 0.938. The summed E-state index contributed by atoms with van der Waals surface area (Å²) in [6.45, 7) is 1.72. The minimum absolute atomic E-state index is 0.121. The van der Waals surface area contributed by atoms with E-state index >= 15 is 0 Å². The van der Waals surface area contributed by atoms with E-state index in [9.17, 15) is 8.42 Å². The maximum atomic E-state index is 12.2. The van der Waals surface area contributed by atoms with Crippen molar-refractivity contribution < 1.29 is 8.42 Å². The summed E-state index contributed by atoms with van der Waals surface area (Å²) in [5.41, 5.74) is 7.08. The molecule has 2 aromatic rings. The molecule has 1 unspecified atom stereocenters. The number of benzene rings is 1. The number of thiophene rings is 1. The van der Waals surface area contributed by atoms with Crippen LogP contribution in [0.4, 0.5) is 5.69 Å². The first-order valence-corrected chi connectivity index (χ1v) is 8.10. The summed E-state index contributed by atoms with van der Waals surface area (Å²) in [5, 5.41) is 8.74. The number of anilines is 1. The molecule has 20 heavy (non-hydrogen) atoms. The van der Waals surface area contributed by atoms with E-state index in [-0.39, 0.29) is 4.21 Å². The Hall–Kier alpha value is -1.88. The van der Waals surface area contributed by atoms with Crippen molar-refractivity contribution in [2.24, 2.45) is 0 Å². The van der Waals surface area contributed by atoms with E-state index in [2.05, 4.69) is 4.72 Å². The molecule has 0 saturated heterocycles. The van der Waals surface area contributed by atoms with Crippen molar-refractivity contribution in [3.8, 4) is 6.07 Å². The van der Waals surface area contributed by atoms with Crippen LogP contribution in [0.2, 0.25) is 0 Å². The van der Waals surface area contributed by atoms with Gasteiger partial charge in [-0.25, -0.2) is 13.1 Å². The molecule has 3 N–H and O–H groups in total. The molecule has 0 bridgehead atoms. The molecule has 0 fully saturated rings. The highest BCUT2D eigenvalue weighted by molar-refractivity contribution is 7.91. The Bertz CT molecular complexity index is 760. The van der Waals surface area contributed by atoms with Gasteiger partial charge < -0.3 is 5.73 Å². The third kappa shape index (κ3) is 2.99. The highest BCUT2D eigenvalue weighted by Gasteiger charge is 2.21. The highest BCUT2D eigenvalue weighted by Crippen LogP contribution is 2.25. The summed E-state index contributed by atoms with van der Waals surface area (Å²) in [5.74, 6) is 0. The molecule has 1 atom stereocenters. The Morgan fingerprint density at radius 1 is 1.30 bits per heavy atom. The molecule has 5 nitrogen and oxygen atoms in total. The average Bonchev–Trinajstić information content (AvgIpc) is 2.88. The molecular weight excluding hydrogens is 294 g/mol. The summed E-state index contributed by atoms with van der Waals surface area (Å²) < 4.78 is 27.1. The molecule has 1 aromatic carbocycles. The zero-order valence-electron chi connectivity index (χ0n) is 10.7. The molecule has 1 aromatic heterocycles. The van der Waals surface area contributed by atoms with Crippen molar-refractivity contribution in [1.82, 2.24) is 4.72 Å². The molecule has 0 spiro atoms. The van der Waals surface area contributed by atoms with Crippen LogP contribution in [0.3, 0.4) is 0 Å². The molecule has 2 rings (SSSR count). The topological polar surface area (TPSA) is 96.0 Å². The molecule has 0 saturated carbocycles. The summed E-state index contributed by atoms with van der Waals surface area (Å²) in [4.78, 5) is 0.359. The lowest BCUT2D eigenvalue weighted by molar-refractivity contribution is 0.569. The van der Waals surface area contributed by atoms with Gasteiger partial charge in [0.2, 0.25) is 0 Å². The third-order valence-electron chi connectivity index (χ3n) is 2.75. The van der Waals surface area contributed by atoms with Crippen LogP contribution in [0.1, 0.15) is 23.4 Å². The largest absolute Gasteiger partial charge is 0.398 e. The second-order valence-electron chi connectivity index (χ2n) is 4.20. The first kappa shape index (κ1) is 14.5. The van der Waals surface area contributed by atoms with E-state index in [0.717, 1.165) is 11.3 Å². The maximum absolute atomic E-state index is 12.2. The maximum Gasteiger partial charge on any atom is 0.250 e. The lowest BCUT2D eigenvalue weighted by Crippen LogP contribution is -2.26. The minimum Gasteiger partial charge on any atom is -0.398 e. The van der Waals surface area contributed by atoms with E-state index < -0.39 is 16.1 Å². The van der Waals surface area contributed by atoms with Crippen molar-refractivity contribution in [3.63, 3.8) is 0 Å². The van der Waals surface area contributed by atoms with Gasteiger partial charge in [-0.1, -0.05) is 18.2 Å². The first-order valence-electron chi connectivity index (χ1n) is 5.80. The van der Waals surface area contributed by atoms with Gasteiger partial charge in [-0.2, -0.15) is 5.26 Å². The average molecular weight is 307 g/mol. The van der Waals surface area contributed by atoms with Gasteiger partial charge in [-0.15, -0.1) is 11.3 Å². The molecular formula is C13H13N3O2S2. The number of nitrogens with one attached hydrogen (secondary N) is 1. The van der Waals surface area contributed by atoms with Crippen molar-refractivity contribution in [2.75, 3.05) is 5.73 Å². The molecule has 0 amide bonds. The predicted octanol–water partition coefficient (Wildman–Crippen LogP) is 2.24. The number of para-hydroxylation sites is 1. The summed E-state index contributed by atoms with van der Waals surface area (Å²) in [6.07, 6.45) is 0. The number of nitrogens with zero attached hydrogens (tertiary/aromatic N) is 1. The van der Waals surface area contributed by atoms with E-state index in [1.165, 1.54) is 12.1 Å². The smallest absolute Gasteiger partial charge is 0.250 e. The lowest BCUT2D eigenvalue weighted by Gasteiger charge is -2.15. The zero-order valence-corrected chi connectivity index (χ0v) is 12.3. The highest BCUT2D eigenvalue weighted by atomic mass is 32.2. The Kier molecular flexibility index (Phi) is 4.09. The number of hydrogen-bond acceptors (Lipinski definition) is 5. The van der Waals surface area contributed by atoms with Crippen molar-refractivity contribution in [2.45, 2.75) is 17.2 Å². The van der Waals surface area contributed by atoms with Crippen molar-refractivity contribution >= 4 is 27.0 Å². The molecule has 0 radical (unpaired) electrons. The van der Waals surface area contributed by atoms with E-state index in [1.807, 2.05) is 6.07 Å². The number of nitrogen functional groups attached to an aromatic ring is 1. The van der Waals surface area contributed by atoms with Crippen LogP contribution >= 0.6 is 11.3 Å². The van der Waals surface area contributed by atoms with Gasteiger partial charge in [0.25, 0.3) is 10.0 Å². The van der Waals surface area contributed by atoms with Crippen LogP contribution in [-0.4, -0.2) is 8.42 Å². The summed E-state index contributed by atoms with van der Waals surface area (Å²) in [7, 11) is -3.65.